The Bertz CT molecular complexity index is 2340. The lowest BCUT2D eigenvalue weighted by Crippen LogP contribution is -2.60. The van der Waals surface area contributed by atoms with Gasteiger partial charge in [0.25, 0.3) is 0 Å². The van der Waals surface area contributed by atoms with Crippen molar-refractivity contribution >= 4 is 35.1 Å². The molecule has 3 aromatic rings. The first-order chi connectivity index (χ1) is 40.3. The number of hydrogen-bond donors (Lipinski definition) is 5. The van der Waals surface area contributed by atoms with Gasteiger partial charge in [-0.25, -0.2) is 0 Å². The molecule has 1 amide bonds. The number of aliphatic hydroxyl groups is 5. The number of carbonyl (C=O) groups is 2. The van der Waals surface area contributed by atoms with Crippen LogP contribution in [0.5, 0.6) is 0 Å². The number of carbonyl (C=O) groups excluding carboxylic acids is 2. The Morgan fingerprint density at radius 3 is 1.71 bits per heavy atom. The van der Waals surface area contributed by atoms with E-state index in [1.807, 2.05) is 39.8 Å². The van der Waals surface area contributed by atoms with Crippen LogP contribution < -0.4 is 15.9 Å². The van der Waals surface area contributed by atoms with E-state index in [1.165, 1.54) is 68.5 Å². The van der Waals surface area contributed by atoms with Crippen molar-refractivity contribution in [2.45, 2.75) is 262 Å². The van der Waals surface area contributed by atoms with E-state index in [0.29, 0.717) is 12.8 Å². The van der Waals surface area contributed by atoms with Gasteiger partial charge in [0.05, 0.1) is 53.7 Å². The van der Waals surface area contributed by atoms with Crippen LogP contribution in [-0.4, -0.2) is 171 Å². The predicted octanol–water partition coefficient (Wildman–Crippen LogP) is 9.47. The summed E-state index contributed by atoms with van der Waals surface area (Å²) in [5.74, 6) is -3.25. The third-order valence-corrected chi connectivity index (χ3v) is 23.7. The number of amides is 1. The molecule has 478 valence electrons. The second-order valence-electron chi connectivity index (χ2n) is 26.5. The Kier molecular flexibility index (Phi) is 26.9. The van der Waals surface area contributed by atoms with Crippen LogP contribution in [0.25, 0.3) is 0 Å². The van der Waals surface area contributed by atoms with Gasteiger partial charge < -0.3 is 63.8 Å². The Morgan fingerprint density at radius 2 is 1.21 bits per heavy atom. The van der Waals surface area contributed by atoms with Crippen molar-refractivity contribution in [3.05, 3.63) is 91.0 Å². The maximum Gasteiger partial charge on any atom is 0.311 e. The highest BCUT2D eigenvalue weighted by Crippen LogP contribution is 2.56. The molecule has 15 nitrogen and oxygen atoms in total. The van der Waals surface area contributed by atoms with E-state index in [2.05, 4.69) is 91.0 Å². The van der Waals surface area contributed by atoms with Crippen LogP contribution in [0.3, 0.4) is 0 Å². The van der Waals surface area contributed by atoms with Gasteiger partial charge in [-0.2, -0.15) is 0 Å². The smallest absolute Gasteiger partial charge is 0.311 e. The fraction of sp³-hybridized carbons (Fsp3) is 0.710. The number of likely N-dealkylation sites (N-methyl/N-ethyl adjacent to an activating group) is 1. The van der Waals surface area contributed by atoms with E-state index in [1.54, 1.807) is 46.4 Å². The minimum absolute atomic E-state index is 0.0766. The minimum Gasteiger partial charge on any atom is -0.459 e. The molecule has 0 unspecified atom stereocenters. The number of hydrogen-bond acceptors (Lipinski definition) is 14. The Morgan fingerprint density at radius 1 is 0.706 bits per heavy atom. The molecule has 5 N–H and O–H groups in total. The van der Waals surface area contributed by atoms with Crippen LogP contribution in [0, 0.1) is 17.8 Å². The molecule has 3 aliphatic rings. The Labute approximate surface area is 511 Å². The zero-order valence-corrected chi connectivity index (χ0v) is 54.8. The summed E-state index contributed by atoms with van der Waals surface area (Å²) in [6.07, 6.45) is 3.90. The number of benzene rings is 3. The number of methoxy groups -OCH3 is 1. The lowest BCUT2D eigenvalue weighted by molar-refractivity contribution is -0.318. The standard InChI is InChI=1S/C69H110N2O13P/c1-14-57-69(10,78)62(74)51(6)71(58(72)41-33-22-20-18-16-15-17-19-21-23-34-42-85(53-35-27-24-28-36-53,54-37-29-25-30-38-54)55-39-31-26-32-40-55)46-47(2)44-67(8,77)64(84-66-60(73)56(70(11)12)43-48(3)80-66)49(4)61(50(5)65(76)82-57)83-59-45-68(9,79-13)63(75)52(7)81-59/h24-32,35-40,47-52,56-57,59-64,66,73-75,77-78H,14-23,33-34,41-46H2,1-13H3/q+1/t47-,48-,49+,50-,51-,52+,56+,57-,59+,60-,61+,62-,63+,64-,66+,67-,68-,69-/m1/s1. The van der Waals surface area contributed by atoms with Gasteiger partial charge >= 0.3 is 5.97 Å². The molecule has 6 rings (SSSR count). The molecule has 16 heteroatoms. The highest BCUT2D eigenvalue weighted by atomic mass is 31.2. The van der Waals surface area contributed by atoms with Crippen LogP contribution in [0.1, 0.15) is 172 Å². The predicted molar refractivity (Wildman–Crippen MR) is 339 cm³/mol. The maximum atomic E-state index is 14.7. The van der Waals surface area contributed by atoms with Gasteiger partial charge in [0.15, 0.2) is 12.6 Å². The molecule has 0 saturated carbocycles. The monoisotopic (exact) mass is 1210 g/mol. The van der Waals surface area contributed by atoms with Crippen molar-refractivity contribution in [1.82, 2.24) is 9.80 Å². The topological polar surface area (TPSA) is 197 Å². The minimum atomic E-state index is -2.00. The van der Waals surface area contributed by atoms with E-state index in [-0.39, 0.29) is 50.3 Å². The number of unbranched alkanes of at least 4 members (excludes halogenated alkanes) is 10. The second kappa shape index (κ2) is 32.4. The summed E-state index contributed by atoms with van der Waals surface area (Å²) in [5.41, 5.74) is -4.79. The SMILES string of the molecule is CC[C@H]1OC(=O)[C@H](C)[C@@H](O[C@H]2C[C@@](C)(OC)[C@@H](O)[C@H](C)O2)[C@H](C)[C@@H](O[C@@H]2O[C@H](C)C[C@H](N(C)C)[C@H]2O)[C@](C)(O)C[C@@H](C)CN(C(=O)CCCCCCCCCCCCC[P+](c2ccccc2)(c2ccccc2)c2ccccc2)[C@H](C)[C@@H](O)[C@]1(C)O. The zero-order chi connectivity index (χ0) is 62.3. The zero-order valence-electron chi connectivity index (χ0n) is 53.9. The quantitative estimate of drug-likeness (QED) is 0.0323. The molecule has 0 bridgehead atoms. The van der Waals surface area contributed by atoms with E-state index in [9.17, 15) is 35.1 Å². The molecular weight excluding hydrogens is 1100 g/mol. The van der Waals surface area contributed by atoms with Gasteiger partial charge in [0.1, 0.15) is 53.2 Å². The molecule has 0 aromatic heterocycles. The molecule has 3 fully saturated rings. The van der Waals surface area contributed by atoms with Crippen LogP contribution in [0.4, 0.5) is 0 Å². The van der Waals surface area contributed by atoms with Crippen LogP contribution >= 0.6 is 7.26 Å². The molecule has 18 atom stereocenters. The lowest BCUT2D eigenvalue weighted by Gasteiger charge is -2.48. The highest BCUT2D eigenvalue weighted by molar-refractivity contribution is 7.95. The summed E-state index contributed by atoms with van der Waals surface area (Å²) in [6.45, 7) is 17.5. The summed E-state index contributed by atoms with van der Waals surface area (Å²) >= 11 is 0. The molecule has 85 heavy (non-hydrogen) atoms. The number of cyclic esters (lactones) is 1. The van der Waals surface area contributed by atoms with Gasteiger partial charge in [-0.3, -0.25) is 9.59 Å². The highest BCUT2D eigenvalue weighted by Gasteiger charge is 2.53. The molecule has 3 aromatic carbocycles. The second-order valence-corrected chi connectivity index (χ2v) is 30.1. The van der Waals surface area contributed by atoms with Crippen molar-refractivity contribution in [1.29, 1.82) is 0 Å². The Hall–Kier alpha value is -3.41. The summed E-state index contributed by atoms with van der Waals surface area (Å²) in [4.78, 5) is 32.8. The summed E-state index contributed by atoms with van der Waals surface area (Å²) in [7, 11) is 3.46. The third-order valence-electron chi connectivity index (χ3n) is 19.2. The first-order valence-electron chi connectivity index (χ1n) is 32.2. The van der Waals surface area contributed by atoms with Gasteiger partial charge in [-0.15, -0.1) is 0 Å². The first kappa shape index (κ1) is 70.7. The number of esters is 1. The van der Waals surface area contributed by atoms with Crippen molar-refractivity contribution in [2.75, 3.05) is 33.9 Å². The van der Waals surface area contributed by atoms with E-state index in [0.717, 1.165) is 31.8 Å². The molecule has 3 aliphatic heterocycles. The normalized spacial score (nSPS) is 34.8. The van der Waals surface area contributed by atoms with Crippen molar-refractivity contribution < 1.29 is 63.5 Å². The number of nitrogens with zero attached hydrogens (tertiary/aromatic N) is 2. The van der Waals surface area contributed by atoms with E-state index in [4.69, 9.17) is 28.4 Å². The van der Waals surface area contributed by atoms with E-state index < -0.39 is 109 Å². The molecule has 0 radical (unpaired) electrons. The average molecular weight is 1210 g/mol. The Balaban J connectivity index is 1.11. The van der Waals surface area contributed by atoms with Gasteiger partial charge in [-0.05, 0) is 143 Å². The largest absolute Gasteiger partial charge is 0.459 e. The van der Waals surface area contributed by atoms with Gasteiger partial charge in [-0.1, -0.05) is 127 Å². The first-order valence-corrected chi connectivity index (χ1v) is 34.2. The number of ether oxygens (including phenoxy) is 6. The number of aliphatic hydroxyl groups excluding tert-OH is 3. The van der Waals surface area contributed by atoms with Crippen LogP contribution in [-0.2, 0) is 38.0 Å². The fourth-order valence-electron chi connectivity index (χ4n) is 14.1. The van der Waals surface area contributed by atoms with Crippen LogP contribution in [0.15, 0.2) is 91.0 Å². The summed E-state index contributed by atoms with van der Waals surface area (Å²) in [6, 6.07) is 32.1. The number of rotatable bonds is 24. The van der Waals surface area contributed by atoms with Gasteiger partial charge in [0.2, 0.25) is 5.91 Å². The average Bonchev–Trinajstić information content (AvgIpc) is 2.04. The van der Waals surface area contributed by atoms with Crippen molar-refractivity contribution in [3.63, 3.8) is 0 Å². The fourth-order valence-corrected chi connectivity index (χ4v) is 18.5. The maximum absolute atomic E-state index is 14.7. The molecule has 0 aliphatic carbocycles. The lowest BCUT2D eigenvalue weighted by atomic mass is 9.77. The van der Waals surface area contributed by atoms with Crippen molar-refractivity contribution in [2.24, 2.45) is 17.8 Å². The van der Waals surface area contributed by atoms with E-state index >= 15 is 0 Å². The summed E-state index contributed by atoms with van der Waals surface area (Å²) in [5, 5.41) is 64.8. The third kappa shape index (κ3) is 17.9. The molecule has 3 saturated heterocycles. The van der Waals surface area contributed by atoms with Crippen LogP contribution in [0.2, 0.25) is 0 Å². The molecule has 0 spiro atoms. The molecule has 3 heterocycles. The summed E-state index contributed by atoms with van der Waals surface area (Å²) < 4.78 is 38.3. The van der Waals surface area contributed by atoms with Crippen molar-refractivity contribution in [3.8, 4) is 0 Å². The molecular formula is C69H110N2O13P+. The van der Waals surface area contributed by atoms with Gasteiger partial charge in [0, 0.05) is 38.5 Å².